The van der Waals surface area contributed by atoms with Gasteiger partial charge < -0.3 is 24.8 Å². The monoisotopic (exact) mass is 371 g/mol. The highest BCUT2D eigenvalue weighted by Gasteiger charge is 2.06. The fraction of sp³-hybridized carbons (Fsp3) is 0.381. The minimum atomic E-state index is 0.00130. The number of ether oxygens (including phenoxy) is 3. The first-order valence-corrected chi connectivity index (χ1v) is 9.12. The van der Waals surface area contributed by atoms with Gasteiger partial charge in [0.1, 0.15) is 17.6 Å². The van der Waals surface area contributed by atoms with Gasteiger partial charge in [0.15, 0.2) is 5.96 Å². The lowest BCUT2D eigenvalue weighted by molar-refractivity contribution is 0.172. The van der Waals surface area contributed by atoms with Crippen LogP contribution in [0.15, 0.2) is 59.6 Å². The number of rotatable bonds is 10. The Morgan fingerprint density at radius 1 is 1.04 bits per heavy atom. The molecule has 0 radical (unpaired) electrons. The number of benzene rings is 2. The molecular weight excluding hydrogens is 342 g/mol. The van der Waals surface area contributed by atoms with Crippen molar-refractivity contribution in [1.82, 2.24) is 5.32 Å². The molecule has 2 aromatic carbocycles. The zero-order valence-corrected chi connectivity index (χ0v) is 16.3. The van der Waals surface area contributed by atoms with Crippen LogP contribution >= 0.6 is 0 Å². The van der Waals surface area contributed by atoms with Gasteiger partial charge in [0.05, 0.1) is 13.2 Å². The molecule has 0 bridgehead atoms. The van der Waals surface area contributed by atoms with E-state index in [0.717, 1.165) is 23.6 Å². The molecule has 2 aromatic rings. The van der Waals surface area contributed by atoms with Gasteiger partial charge >= 0.3 is 0 Å². The van der Waals surface area contributed by atoms with Crippen LogP contribution in [0.1, 0.15) is 13.3 Å². The van der Waals surface area contributed by atoms with Crippen LogP contribution in [0.5, 0.6) is 11.5 Å². The van der Waals surface area contributed by atoms with Crippen molar-refractivity contribution < 1.29 is 14.2 Å². The van der Waals surface area contributed by atoms with Crippen molar-refractivity contribution in [3.05, 3.63) is 54.6 Å². The van der Waals surface area contributed by atoms with Crippen LogP contribution in [-0.2, 0) is 4.74 Å². The van der Waals surface area contributed by atoms with Crippen molar-refractivity contribution in [2.75, 3.05) is 39.2 Å². The van der Waals surface area contributed by atoms with Crippen molar-refractivity contribution >= 4 is 11.6 Å². The zero-order chi connectivity index (χ0) is 19.3. The average molecular weight is 371 g/mol. The largest absolute Gasteiger partial charge is 0.493 e. The van der Waals surface area contributed by atoms with Crippen LogP contribution in [-0.4, -0.2) is 46.0 Å². The van der Waals surface area contributed by atoms with Crippen LogP contribution in [0.25, 0.3) is 0 Å². The summed E-state index contributed by atoms with van der Waals surface area (Å²) in [6.45, 7) is 3.96. The van der Waals surface area contributed by atoms with Crippen molar-refractivity contribution in [3.8, 4) is 11.5 Å². The molecule has 0 aliphatic carbocycles. The lowest BCUT2D eigenvalue weighted by Gasteiger charge is -2.18. The number of methoxy groups -OCH3 is 1. The number of para-hydroxylation sites is 1. The molecule has 6 heteroatoms. The van der Waals surface area contributed by atoms with Gasteiger partial charge in [0.25, 0.3) is 0 Å². The van der Waals surface area contributed by atoms with Crippen molar-refractivity contribution in [3.63, 3.8) is 0 Å². The van der Waals surface area contributed by atoms with Gasteiger partial charge in [0.2, 0.25) is 0 Å². The summed E-state index contributed by atoms with van der Waals surface area (Å²) in [4.78, 5) is 4.26. The molecule has 0 aromatic heterocycles. The number of nitrogens with zero attached hydrogens (tertiary/aromatic N) is 1. The van der Waals surface area contributed by atoms with Gasteiger partial charge in [-0.25, -0.2) is 0 Å². The molecule has 2 rings (SSSR count). The highest BCUT2D eigenvalue weighted by molar-refractivity contribution is 5.93. The third kappa shape index (κ3) is 8.00. The molecule has 6 nitrogen and oxygen atoms in total. The molecule has 0 aliphatic rings. The zero-order valence-electron chi connectivity index (χ0n) is 16.3. The summed E-state index contributed by atoms with van der Waals surface area (Å²) >= 11 is 0. The van der Waals surface area contributed by atoms with Gasteiger partial charge in [-0.3, -0.25) is 4.99 Å². The Bertz CT molecular complexity index is 692. The van der Waals surface area contributed by atoms with Crippen LogP contribution in [0.2, 0.25) is 0 Å². The normalized spacial score (nSPS) is 12.3. The van der Waals surface area contributed by atoms with E-state index >= 15 is 0 Å². The summed E-state index contributed by atoms with van der Waals surface area (Å²) in [5.41, 5.74) is 0.906. The summed E-state index contributed by atoms with van der Waals surface area (Å²) in [5.74, 6) is 2.34. The summed E-state index contributed by atoms with van der Waals surface area (Å²) < 4.78 is 16.6. The van der Waals surface area contributed by atoms with E-state index < -0.39 is 0 Å². The first kappa shape index (κ1) is 20.6. The molecule has 0 saturated carbocycles. The SMILES string of the molecule is CN=C(NCC(C)Oc1ccccc1)Nc1cccc(OCCCOC)c1. The minimum Gasteiger partial charge on any atom is -0.493 e. The third-order valence-electron chi connectivity index (χ3n) is 3.72. The highest BCUT2D eigenvalue weighted by atomic mass is 16.5. The first-order chi connectivity index (χ1) is 13.2. The molecule has 0 amide bonds. The number of nitrogens with one attached hydrogen (secondary N) is 2. The smallest absolute Gasteiger partial charge is 0.195 e. The second-order valence-electron chi connectivity index (χ2n) is 6.04. The Morgan fingerprint density at radius 3 is 2.56 bits per heavy atom. The Balaban J connectivity index is 1.80. The summed E-state index contributed by atoms with van der Waals surface area (Å²) in [7, 11) is 3.43. The third-order valence-corrected chi connectivity index (χ3v) is 3.72. The second kappa shape index (κ2) is 11.8. The molecule has 0 spiro atoms. The lowest BCUT2D eigenvalue weighted by atomic mass is 10.3. The fourth-order valence-corrected chi connectivity index (χ4v) is 2.39. The number of aliphatic imine (C=N–C) groups is 1. The van der Waals surface area contributed by atoms with Crippen molar-refractivity contribution in [2.24, 2.45) is 4.99 Å². The molecular formula is C21H29N3O3. The molecule has 1 unspecified atom stereocenters. The predicted octanol–water partition coefficient (Wildman–Crippen LogP) is 3.56. The Hall–Kier alpha value is -2.73. The van der Waals surface area contributed by atoms with E-state index in [-0.39, 0.29) is 6.10 Å². The maximum absolute atomic E-state index is 5.87. The molecule has 0 aliphatic heterocycles. The maximum atomic E-state index is 5.87. The van der Waals surface area contributed by atoms with Crippen molar-refractivity contribution in [1.29, 1.82) is 0 Å². The van der Waals surface area contributed by atoms with Gasteiger partial charge in [-0.05, 0) is 31.2 Å². The van der Waals surface area contributed by atoms with E-state index in [9.17, 15) is 0 Å². The van der Waals surface area contributed by atoms with E-state index in [2.05, 4.69) is 15.6 Å². The van der Waals surface area contributed by atoms with Gasteiger partial charge in [0, 0.05) is 38.9 Å². The lowest BCUT2D eigenvalue weighted by Crippen LogP contribution is -2.37. The molecule has 2 N–H and O–H groups in total. The molecule has 146 valence electrons. The molecule has 1 atom stereocenters. The standard InChI is InChI=1S/C21H29N3O3/c1-17(27-19-10-5-4-6-11-19)16-23-21(22-2)24-18-9-7-12-20(15-18)26-14-8-13-25-3/h4-7,9-12,15,17H,8,13-14,16H2,1-3H3,(H2,22,23,24). The summed E-state index contributed by atoms with van der Waals surface area (Å²) in [6, 6.07) is 17.6. The van der Waals surface area contributed by atoms with Crippen molar-refractivity contribution in [2.45, 2.75) is 19.4 Å². The molecule has 0 saturated heterocycles. The van der Waals surface area contributed by atoms with Gasteiger partial charge in [-0.1, -0.05) is 24.3 Å². The number of hydrogen-bond acceptors (Lipinski definition) is 4. The average Bonchev–Trinajstić information content (AvgIpc) is 2.69. The van der Waals surface area contributed by atoms with Crippen LogP contribution in [0.3, 0.4) is 0 Å². The van der Waals surface area contributed by atoms with E-state index in [4.69, 9.17) is 14.2 Å². The Kier molecular flexibility index (Phi) is 9.00. The number of hydrogen-bond donors (Lipinski definition) is 2. The summed E-state index contributed by atoms with van der Waals surface area (Å²) in [6.07, 6.45) is 0.859. The van der Waals surface area contributed by atoms with Gasteiger partial charge in [-0.2, -0.15) is 0 Å². The first-order valence-electron chi connectivity index (χ1n) is 9.12. The molecule has 0 fully saturated rings. The molecule has 0 heterocycles. The van der Waals surface area contributed by atoms with Gasteiger partial charge in [-0.15, -0.1) is 0 Å². The quantitative estimate of drug-likeness (QED) is 0.380. The fourth-order valence-electron chi connectivity index (χ4n) is 2.39. The highest BCUT2D eigenvalue weighted by Crippen LogP contribution is 2.17. The van der Waals surface area contributed by atoms with E-state index in [0.29, 0.717) is 25.7 Å². The van der Waals surface area contributed by atoms with E-state index in [1.165, 1.54) is 0 Å². The predicted molar refractivity (Wildman–Crippen MR) is 110 cm³/mol. The Morgan fingerprint density at radius 2 is 1.81 bits per heavy atom. The minimum absolute atomic E-state index is 0.00130. The topological polar surface area (TPSA) is 64.1 Å². The summed E-state index contributed by atoms with van der Waals surface area (Å²) in [5, 5.41) is 6.54. The number of anilines is 1. The Labute approximate surface area is 161 Å². The van der Waals surface area contributed by atoms with E-state index in [1.54, 1.807) is 14.2 Å². The maximum Gasteiger partial charge on any atom is 0.195 e. The second-order valence-corrected chi connectivity index (χ2v) is 6.04. The van der Waals surface area contributed by atoms with Crippen LogP contribution in [0, 0.1) is 0 Å². The van der Waals surface area contributed by atoms with Crippen LogP contribution < -0.4 is 20.1 Å². The van der Waals surface area contributed by atoms with Crippen LogP contribution in [0.4, 0.5) is 5.69 Å². The number of guanidine groups is 1. The molecule has 27 heavy (non-hydrogen) atoms. The van der Waals surface area contributed by atoms with E-state index in [1.807, 2.05) is 61.5 Å².